The first-order chi connectivity index (χ1) is 10.4. The number of hydrogen-bond donors (Lipinski definition) is 0. The summed E-state index contributed by atoms with van der Waals surface area (Å²) in [5.41, 5.74) is 0.743. The van der Waals surface area contributed by atoms with Crippen molar-refractivity contribution in [3.8, 4) is 0 Å². The average Bonchev–Trinajstić information content (AvgIpc) is 2.95. The summed E-state index contributed by atoms with van der Waals surface area (Å²) in [6, 6.07) is 1.92. The van der Waals surface area contributed by atoms with Crippen LogP contribution in [0, 0.1) is 5.41 Å². The molecule has 0 spiro atoms. The summed E-state index contributed by atoms with van der Waals surface area (Å²) in [6.07, 6.45) is 2.08. The third-order valence-electron chi connectivity index (χ3n) is 4.06. The van der Waals surface area contributed by atoms with Gasteiger partial charge in [-0.2, -0.15) is 0 Å². The van der Waals surface area contributed by atoms with E-state index in [2.05, 4.69) is 12.1 Å². The van der Waals surface area contributed by atoms with Crippen LogP contribution >= 0.6 is 11.6 Å². The molecule has 1 unspecified atom stereocenters. The molecular formula is C16H25ClN2O3. The zero-order valence-electron chi connectivity index (χ0n) is 13.6. The van der Waals surface area contributed by atoms with Gasteiger partial charge in [0.15, 0.2) is 0 Å². The van der Waals surface area contributed by atoms with Crippen molar-refractivity contribution >= 4 is 17.5 Å². The molecule has 1 atom stereocenters. The minimum Gasteiger partial charge on any atom is -0.381 e. The molecule has 1 amide bonds. The number of ether oxygens (including phenoxy) is 1. The van der Waals surface area contributed by atoms with Crippen LogP contribution in [0.1, 0.15) is 51.0 Å². The number of carbonyl (C=O) groups is 1. The second kappa shape index (κ2) is 7.47. The normalized spacial score (nSPS) is 22.0. The van der Waals surface area contributed by atoms with Crippen molar-refractivity contribution in [1.29, 1.82) is 0 Å². The van der Waals surface area contributed by atoms with E-state index in [1.165, 1.54) is 0 Å². The number of rotatable bonds is 6. The fraction of sp³-hybridized carbons (Fsp3) is 0.750. The van der Waals surface area contributed by atoms with E-state index in [0.717, 1.165) is 30.9 Å². The molecule has 22 heavy (non-hydrogen) atoms. The number of halogens is 1. The highest BCUT2D eigenvalue weighted by Gasteiger charge is 2.32. The van der Waals surface area contributed by atoms with E-state index in [1.54, 1.807) is 4.90 Å². The van der Waals surface area contributed by atoms with Crippen LogP contribution < -0.4 is 0 Å². The number of carbonyl (C=O) groups excluding carboxylic acids is 1. The number of nitrogens with zero attached hydrogens (tertiary/aromatic N) is 2. The molecule has 6 heteroatoms. The standard InChI is InChI=1S/C16H25ClN2O3/c1-12(2)14-7-13(18-22-14)9-19(15(20)8-17)10-16(3)5-4-6-21-11-16/h7,12H,4-6,8-11H2,1-3H3. The van der Waals surface area contributed by atoms with Crippen molar-refractivity contribution in [3.05, 3.63) is 17.5 Å². The second-order valence-electron chi connectivity index (χ2n) is 6.73. The Balaban J connectivity index is 2.06. The second-order valence-corrected chi connectivity index (χ2v) is 6.99. The molecule has 1 aliphatic rings. The lowest BCUT2D eigenvalue weighted by molar-refractivity contribution is -0.132. The van der Waals surface area contributed by atoms with Gasteiger partial charge in [-0.15, -0.1) is 11.6 Å². The highest BCUT2D eigenvalue weighted by Crippen LogP contribution is 2.29. The van der Waals surface area contributed by atoms with Crippen molar-refractivity contribution in [1.82, 2.24) is 10.1 Å². The van der Waals surface area contributed by atoms with Gasteiger partial charge in [0.05, 0.1) is 13.2 Å². The number of aromatic nitrogens is 1. The molecule has 2 heterocycles. The van der Waals surface area contributed by atoms with E-state index in [9.17, 15) is 4.79 Å². The van der Waals surface area contributed by atoms with E-state index in [0.29, 0.717) is 19.7 Å². The summed E-state index contributed by atoms with van der Waals surface area (Å²) < 4.78 is 10.9. The first-order valence-corrected chi connectivity index (χ1v) is 8.34. The molecular weight excluding hydrogens is 304 g/mol. The molecule has 2 rings (SSSR count). The largest absolute Gasteiger partial charge is 0.381 e. The van der Waals surface area contributed by atoms with Crippen molar-refractivity contribution in [2.45, 2.75) is 46.1 Å². The Kier molecular flexibility index (Phi) is 5.87. The van der Waals surface area contributed by atoms with Gasteiger partial charge in [-0.3, -0.25) is 4.79 Å². The minimum absolute atomic E-state index is 0.0220. The van der Waals surface area contributed by atoms with Gasteiger partial charge in [-0.25, -0.2) is 0 Å². The van der Waals surface area contributed by atoms with E-state index < -0.39 is 0 Å². The van der Waals surface area contributed by atoms with Gasteiger partial charge in [-0.05, 0) is 12.8 Å². The van der Waals surface area contributed by atoms with Crippen LogP contribution in [-0.4, -0.2) is 41.6 Å². The first-order valence-electron chi connectivity index (χ1n) is 7.80. The third-order valence-corrected chi connectivity index (χ3v) is 4.29. The fourth-order valence-electron chi connectivity index (χ4n) is 2.76. The van der Waals surface area contributed by atoms with Gasteiger partial charge in [-0.1, -0.05) is 25.9 Å². The third kappa shape index (κ3) is 4.46. The maximum atomic E-state index is 12.2. The Hall–Kier alpha value is -1.07. The molecule has 1 aliphatic heterocycles. The summed E-state index contributed by atoms with van der Waals surface area (Å²) in [4.78, 5) is 13.9. The summed E-state index contributed by atoms with van der Waals surface area (Å²) in [5.74, 6) is 1.01. The molecule has 1 aromatic heterocycles. The van der Waals surface area contributed by atoms with E-state index in [4.69, 9.17) is 20.9 Å². The molecule has 0 aromatic carbocycles. The monoisotopic (exact) mass is 328 g/mol. The van der Waals surface area contributed by atoms with Crippen LogP contribution in [0.25, 0.3) is 0 Å². The van der Waals surface area contributed by atoms with Crippen LogP contribution in [0.5, 0.6) is 0 Å². The Morgan fingerprint density at radius 1 is 1.55 bits per heavy atom. The first kappa shape index (κ1) is 17.3. The topological polar surface area (TPSA) is 55.6 Å². The number of hydrogen-bond acceptors (Lipinski definition) is 4. The Morgan fingerprint density at radius 3 is 2.86 bits per heavy atom. The number of amides is 1. The summed E-state index contributed by atoms with van der Waals surface area (Å²) in [6.45, 7) is 8.79. The van der Waals surface area contributed by atoms with E-state index in [1.807, 2.05) is 19.9 Å². The maximum Gasteiger partial charge on any atom is 0.237 e. The van der Waals surface area contributed by atoms with E-state index >= 15 is 0 Å². The highest BCUT2D eigenvalue weighted by molar-refractivity contribution is 6.27. The van der Waals surface area contributed by atoms with Crippen LogP contribution in [0.3, 0.4) is 0 Å². The molecule has 1 saturated heterocycles. The summed E-state index contributed by atoms with van der Waals surface area (Å²) >= 11 is 5.77. The van der Waals surface area contributed by atoms with Crippen LogP contribution in [0.15, 0.2) is 10.6 Å². The van der Waals surface area contributed by atoms with Gasteiger partial charge < -0.3 is 14.2 Å². The van der Waals surface area contributed by atoms with Gasteiger partial charge in [0.25, 0.3) is 0 Å². The van der Waals surface area contributed by atoms with Gasteiger partial charge in [0, 0.05) is 30.6 Å². The SMILES string of the molecule is CC(C)c1cc(CN(CC2(C)CCCOC2)C(=O)CCl)no1. The Bertz CT molecular complexity index is 495. The van der Waals surface area contributed by atoms with Gasteiger partial charge in [0.2, 0.25) is 5.91 Å². The predicted octanol–water partition coefficient (Wildman–Crippen LogP) is 3.18. The van der Waals surface area contributed by atoms with Crippen LogP contribution in [-0.2, 0) is 16.1 Å². The predicted molar refractivity (Wildman–Crippen MR) is 84.9 cm³/mol. The molecule has 1 aromatic rings. The zero-order chi connectivity index (χ0) is 16.2. The zero-order valence-corrected chi connectivity index (χ0v) is 14.4. The smallest absolute Gasteiger partial charge is 0.237 e. The van der Waals surface area contributed by atoms with Crippen molar-refractivity contribution in [2.75, 3.05) is 25.6 Å². The highest BCUT2D eigenvalue weighted by atomic mass is 35.5. The quantitative estimate of drug-likeness (QED) is 0.753. The van der Waals surface area contributed by atoms with Crippen LogP contribution in [0.2, 0.25) is 0 Å². The molecule has 1 fully saturated rings. The van der Waals surface area contributed by atoms with Gasteiger partial charge in [0.1, 0.15) is 17.3 Å². The molecule has 0 bridgehead atoms. The fourth-order valence-corrected chi connectivity index (χ4v) is 2.93. The van der Waals surface area contributed by atoms with Crippen LogP contribution in [0.4, 0.5) is 0 Å². The molecule has 0 N–H and O–H groups in total. The van der Waals surface area contributed by atoms with Crippen molar-refractivity contribution in [3.63, 3.8) is 0 Å². The molecule has 0 aliphatic carbocycles. The molecule has 0 saturated carbocycles. The van der Waals surface area contributed by atoms with Crippen molar-refractivity contribution < 1.29 is 14.1 Å². The summed E-state index contributed by atoms with van der Waals surface area (Å²) in [7, 11) is 0. The lowest BCUT2D eigenvalue weighted by atomic mass is 9.84. The molecule has 5 nitrogen and oxygen atoms in total. The Labute approximate surface area is 136 Å². The summed E-state index contributed by atoms with van der Waals surface area (Å²) in [5, 5.41) is 4.07. The average molecular weight is 329 g/mol. The number of alkyl halides is 1. The lowest BCUT2D eigenvalue weighted by Crippen LogP contribution is -2.44. The minimum atomic E-state index is -0.0810. The van der Waals surface area contributed by atoms with E-state index in [-0.39, 0.29) is 23.1 Å². The maximum absolute atomic E-state index is 12.2. The Morgan fingerprint density at radius 2 is 2.32 bits per heavy atom. The van der Waals surface area contributed by atoms with Crippen molar-refractivity contribution in [2.24, 2.45) is 5.41 Å². The molecule has 124 valence electrons. The lowest BCUT2D eigenvalue weighted by Gasteiger charge is -2.37. The van der Waals surface area contributed by atoms with Gasteiger partial charge >= 0.3 is 0 Å². The molecule has 0 radical (unpaired) electrons.